The molecule has 3 nitrogen and oxygen atoms in total. The van der Waals surface area contributed by atoms with E-state index in [2.05, 4.69) is 21.0 Å². The molecule has 0 aliphatic heterocycles. The van der Waals surface area contributed by atoms with Crippen molar-refractivity contribution >= 4 is 15.9 Å². The van der Waals surface area contributed by atoms with E-state index in [4.69, 9.17) is 5.73 Å². The van der Waals surface area contributed by atoms with Crippen LogP contribution in [0.2, 0.25) is 0 Å². The monoisotopic (exact) mass is 279 g/mol. The lowest BCUT2D eigenvalue weighted by atomic mass is 10.0. The van der Waals surface area contributed by atoms with Gasteiger partial charge in [0.05, 0.1) is 5.69 Å². The van der Waals surface area contributed by atoms with Crippen molar-refractivity contribution in [1.82, 2.24) is 9.78 Å². The summed E-state index contributed by atoms with van der Waals surface area (Å²) >= 11 is 3.44. The van der Waals surface area contributed by atoms with Gasteiger partial charge in [0.2, 0.25) is 0 Å². The van der Waals surface area contributed by atoms with Gasteiger partial charge in [0.15, 0.2) is 0 Å². The van der Waals surface area contributed by atoms with E-state index in [0.29, 0.717) is 0 Å². The van der Waals surface area contributed by atoms with E-state index < -0.39 is 0 Å². The third-order valence-electron chi connectivity index (χ3n) is 2.47. The van der Waals surface area contributed by atoms with Crippen LogP contribution in [-0.2, 0) is 13.5 Å². The van der Waals surface area contributed by atoms with Gasteiger partial charge in [-0.2, -0.15) is 5.10 Å². The first-order valence-electron chi connectivity index (χ1n) is 5.15. The van der Waals surface area contributed by atoms with Crippen LogP contribution in [0.25, 0.3) is 0 Å². The molecule has 0 bridgehead atoms. The highest BCUT2D eigenvalue weighted by Gasteiger charge is 2.08. The Hall–Kier alpha value is -1.13. The van der Waals surface area contributed by atoms with Gasteiger partial charge in [-0.3, -0.25) is 4.68 Å². The summed E-state index contributed by atoms with van der Waals surface area (Å²) in [6.07, 6.45) is 2.69. The van der Waals surface area contributed by atoms with E-state index in [0.717, 1.165) is 22.2 Å². The Bertz CT molecular complexity index is 479. The predicted octanol–water partition coefficient (Wildman–Crippen LogP) is 2.43. The molecule has 0 spiro atoms. The van der Waals surface area contributed by atoms with Crippen LogP contribution in [0.15, 0.2) is 41.0 Å². The normalized spacial score (nSPS) is 12.7. The van der Waals surface area contributed by atoms with Gasteiger partial charge in [-0.1, -0.05) is 28.1 Å². The summed E-state index contributed by atoms with van der Waals surface area (Å²) in [5.41, 5.74) is 8.28. The molecule has 0 fully saturated rings. The van der Waals surface area contributed by atoms with Crippen molar-refractivity contribution in [3.8, 4) is 0 Å². The SMILES string of the molecule is Cn1ccc(CC(N)c2cccc(Br)c2)n1. The summed E-state index contributed by atoms with van der Waals surface area (Å²) in [7, 11) is 1.91. The second kappa shape index (κ2) is 4.80. The summed E-state index contributed by atoms with van der Waals surface area (Å²) in [6, 6.07) is 10.1. The van der Waals surface area contributed by atoms with Crippen molar-refractivity contribution in [3.05, 3.63) is 52.3 Å². The number of rotatable bonds is 3. The fourth-order valence-corrected chi connectivity index (χ4v) is 2.07. The summed E-state index contributed by atoms with van der Waals surface area (Å²) < 4.78 is 2.85. The molecule has 4 heteroatoms. The summed E-state index contributed by atoms with van der Waals surface area (Å²) in [6.45, 7) is 0. The highest BCUT2D eigenvalue weighted by atomic mass is 79.9. The smallest absolute Gasteiger partial charge is 0.0643 e. The van der Waals surface area contributed by atoms with Crippen LogP contribution >= 0.6 is 15.9 Å². The summed E-state index contributed by atoms with van der Waals surface area (Å²) in [5.74, 6) is 0. The zero-order valence-corrected chi connectivity index (χ0v) is 10.7. The van der Waals surface area contributed by atoms with Crippen LogP contribution in [-0.4, -0.2) is 9.78 Å². The third-order valence-corrected chi connectivity index (χ3v) is 2.97. The zero-order chi connectivity index (χ0) is 11.5. The minimum atomic E-state index is -0.00704. The maximum Gasteiger partial charge on any atom is 0.0643 e. The molecule has 1 unspecified atom stereocenters. The quantitative estimate of drug-likeness (QED) is 0.938. The van der Waals surface area contributed by atoms with Crippen molar-refractivity contribution in [2.24, 2.45) is 12.8 Å². The van der Waals surface area contributed by atoms with Crippen molar-refractivity contribution < 1.29 is 0 Å². The van der Waals surface area contributed by atoms with E-state index in [9.17, 15) is 0 Å². The van der Waals surface area contributed by atoms with Gasteiger partial charge in [0, 0.05) is 30.2 Å². The molecule has 2 rings (SSSR count). The van der Waals surface area contributed by atoms with Gasteiger partial charge >= 0.3 is 0 Å². The average molecular weight is 280 g/mol. The molecular weight excluding hydrogens is 266 g/mol. The van der Waals surface area contributed by atoms with Gasteiger partial charge in [-0.25, -0.2) is 0 Å². The zero-order valence-electron chi connectivity index (χ0n) is 9.10. The first-order chi connectivity index (χ1) is 7.65. The number of hydrogen-bond donors (Lipinski definition) is 1. The number of halogens is 1. The number of nitrogens with two attached hydrogens (primary N) is 1. The lowest BCUT2D eigenvalue weighted by molar-refractivity contribution is 0.675. The fourth-order valence-electron chi connectivity index (χ4n) is 1.65. The van der Waals surface area contributed by atoms with E-state index in [1.54, 1.807) is 4.68 Å². The van der Waals surface area contributed by atoms with E-state index in [1.165, 1.54) is 0 Å². The van der Waals surface area contributed by atoms with Crippen LogP contribution in [0.5, 0.6) is 0 Å². The molecule has 0 saturated heterocycles. The standard InChI is InChI=1S/C12H14BrN3/c1-16-6-5-11(15-16)8-12(14)9-3-2-4-10(13)7-9/h2-7,12H,8,14H2,1H3. The minimum Gasteiger partial charge on any atom is -0.324 e. The average Bonchev–Trinajstić information content (AvgIpc) is 2.64. The largest absolute Gasteiger partial charge is 0.324 e. The van der Waals surface area contributed by atoms with Crippen LogP contribution < -0.4 is 5.73 Å². The molecule has 84 valence electrons. The second-order valence-electron chi connectivity index (χ2n) is 3.85. The highest BCUT2D eigenvalue weighted by Crippen LogP contribution is 2.19. The highest BCUT2D eigenvalue weighted by molar-refractivity contribution is 9.10. The molecule has 1 heterocycles. The molecule has 16 heavy (non-hydrogen) atoms. The molecule has 0 aliphatic rings. The number of aromatic nitrogens is 2. The Morgan fingerprint density at radius 2 is 2.25 bits per heavy atom. The van der Waals surface area contributed by atoms with E-state index in [-0.39, 0.29) is 6.04 Å². The number of benzene rings is 1. The number of aryl methyl sites for hydroxylation is 1. The molecule has 0 saturated carbocycles. The molecule has 2 aromatic rings. The van der Waals surface area contributed by atoms with Gasteiger partial charge in [-0.15, -0.1) is 0 Å². The number of hydrogen-bond acceptors (Lipinski definition) is 2. The predicted molar refractivity (Wildman–Crippen MR) is 68.0 cm³/mol. The lowest BCUT2D eigenvalue weighted by Gasteiger charge is -2.10. The summed E-state index contributed by atoms with van der Waals surface area (Å²) in [4.78, 5) is 0. The topological polar surface area (TPSA) is 43.8 Å². The van der Waals surface area contributed by atoms with Crippen LogP contribution in [0.1, 0.15) is 17.3 Å². The van der Waals surface area contributed by atoms with Crippen molar-refractivity contribution in [1.29, 1.82) is 0 Å². The van der Waals surface area contributed by atoms with Gasteiger partial charge < -0.3 is 5.73 Å². The van der Waals surface area contributed by atoms with E-state index in [1.807, 2.05) is 43.6 Å². The van der Waals surface area contributed by atoms with Crippen LogP contribution in [0, 0.1) is 0 Å². The first-order valence-corrected chi connectivity index (χ1v) is 5.94. The van der Waals surface area contributed by atoms with Gasteiger partial charge in [-0.05, 0) is 23.8 Å². The van der Waals surface area contributed by atoms with Crippen molar-refractivity contribution in [2.75, 3.05) is 0 Å². The Labute approximate surface area is 103 Å². The fraction of sp³-hybridized carbons (Fsp3) is 0.250. The molecular formula is C12H14BrN3. The maximum absolute atomic E-state index is 6.14. The summed E-state index contributed by atoms with van der Waals surface area (Å²) in [5, 5.41) is 4.32. The molecule has 0 amide bonds. The van der Waals surface area contributed by atoms with Crippen LogP contribution in [0.3, 0.4) is 0 Å². The van der Waals surface area contributed by atoms with Gasteiger partial charge in [0.25, 0.3) is 0 Å². The molecule has 2 N–H and O–H groups in total. The Morgan fingerprint density at radius 1 is 1.44 bits per heavy atom. The number of nitrogens with zero attached hydrogens (tertiary/aromatic N) is 2. The molecule has 0 aliphatic carbocycles. The second-order valence-corrected chi connectivity index (χ2v) is 4.76. The maximum atomic E-state index is 6.14. The lowest BCUT2D eigenvalue weighted by Crippen LogP contribution is -2.13. The van der Waals surface area contributed by atoms with E-state index >= 15 is 0 Å². The Balaban J connectivity index is 2.11. The first kappa shape index (κ1) is 11.4. The Morgan fingerprint density at radius 3 is 2.88 bits per heavy atom. The Kier molecular flexibility index (Phi) is 3.41. The molecule has 0 radical (unpaired) electrons. The molecule has 1 aromatic heterocycles. The minimum absolute atomic E-state index is 0.00704. The van der Waals surface area contributed by atoms with Crippen molar-refractivity contribution in [2.45, 2.75) is 12.5 Å². The molecule has 1 aromatic carbocycles. The van der Waals surface area contributed by atoms with Crippen molar-refractivity contribution in [3.63, 3.8) is 0 Å². The third kappa shape index (κ3) is 2.71. The van der Waals surface area contributed by atoms with Crippen LogP contribution in [0.4, 0.5) is 0 Å². The molecule has 1 atom stereocenters. The van der Waals surface area contributed by atoms with Gasteiger partial charge in [0.1, 0.15) is 0 Å².